The maximum Gasteiger partial charge on any atom is 0.231 e. The molecule has 1 saturated carbocycles. The number of aromatic nitrogens is 4. The monoisotopic (exact) mass is 356 g/mol. The van der Waals surface area contributed by atoms with E-state index in [0.29, 0.717) is 5.16 Å². The fourth-order valence-corrected chi connectivity index (χ4v) is 3.53. The normalized spacial score (nSPS) is 16.1. The largest absolute Gasteiger partial charge is 0.337 e. The van der Waals surface area contributed by atoms with Crippen molar-refractivity contribution >= 4 is 17.7 Å². The summed E-state index contributed by atoms with van der Waals surface area (Å²) in [6, 6.07) is 8.29. The predicted octanol–water partition coefficient (Wildman–Crippen LogP) is 2.18. The van der Waals surface area contributed by atoms with Gasteiger partial charge in [-0.25, -0.2) is 0 Å². The Morgan fingerprint density at radius 1 is 1.40 bits per heavy atom. The number of amides is 1. The summed E-state index contributed by atoms with van der Waals surface area (Å²) in [4.78, 5) is 12.2. The van der Waals surface area contributed by atoms with Crippen molar-refractivity contribution < 1.29 is 4.79 Å². The van der Waals surface area contributed by atoms with Crippen molar-refractivity contribution in [3.63, 3.8) is 0 Å². The van der Waals surface area contributed by atoms with Gasteiger partial charge in [0.1, 0.15) is 5.54 Å². The maximum absolute atomic E-state index is 12.2. The smallest absolute Gasteiger partial charge is 0.231 e. The Labute approximate surface area is 150 Å². The zero-order valence-electron chi connectivity index (χ0n) is 14.5. The summed E-state index contributed by atoms with van der Waals surface area (Å²) in [6.45, 7) is 5.82. The van der Waals surface area contributed by atoms with Crippen LogP contribution >= 0.6 is 11.8 Å². The summed E-state index contributed by atoms with van der Waals surface area (Å²) < 4.78 is 1.63. The number of aryl methyl sites for hydroxylation is 2. The van der Waals surface area contributed by atoms with Crippen molar-refractivity contribution in [3.8, 4) is 11.8 Å². The van der Waals surface area contributed by atoms with Crippen molar-refractivity contribution in [2.75, 3.05) is 5.75 Å². The van der Waals surface area contributed by atoms with Gasteiger partial charge in [0.15, 0.2) is 0 Å². The van der Waals surface area contributed by atoms with Crippen LogP contribution in [0.2, 0.25) is 0 Å². The maximum atomic E-state index is 12.2. The molecule has 0 aliphatic heterocycles. The second-order valence-electron chi connectivity index (χ2n) is 6.64. The Morgan fingerprint density at radius 2 is 2.08 bits per heavy atom. The molecule has 1 amide bonds. The van der Waals surface area contributed by atoms with Crippen LogP contribution in [-0.2, 0) is 4.79 Å². The van der Waals surface area contributed by atoms with E-state index in [1.54, 1.807) is 11.6 Å². The van der Waals surface area contributed by atoms with Gasteiger partial charge < -0.3 is 5.32 Å². The molecule has 1 aliphatic rings. The number of benzene rings is 1. The molecule has 3 rings (SSSR count). The molecule has 1 aliphatic carbocycles. The topological polar surface area (TPSA) is 96.5 Å². The number of carbonyl (C=O) groups excluding carboxylic acids is 1. The Bertz CT molecular complexity index is 818. The fraction of sp³-hybridized carbons (Fsp3) is 0.471. The lowest BCUT2D eigenvalue weighted by Gasteiger charge is -2.22. The minimum absolute atomic E-state index is 0.162. The van der Waals surface area contributed by atoms with Crippen LogP contribution in [0, 0.1) is 31.1 Å². The lowest BCUT2D eigenvalue weighted by molar-refractivity contribution is -0.119. The Hall–Kier alpha value is -2.40. The van der Waals surface area contributed by atoms with Crippen LogP contribution in [0.4, 0.5) is 0 Å². The highest BCUT2D eigenvalue weighted by Gasteiger charge is 2.42. The quantitative estimate of drug-likeness (QED) is 0.797. The number of nitrogens with one attached hydrogen (secondary N) is 1. The van der Waals surface area contributed by atoms with Crippen LogP contribution in [0.1, 0.15) is 30.9 Å². The summed E-state index contributed by atoms with van der Waals surface area (Å²) in [5.41, 5.74) is 2.32. The van der Waals surface area contributed by atoms with E-state index in [0.717, 1.165) is 29.7 Å². The van der Waals surface area contributed by atoms with Gasteiger partial charge in [-0.15, -0.1) is 5.10 Å². The average Bonchev–Trinajstić information content (AvgIpc) is 3.31. The molecule has 0 bridgehead atoms. The third-order valence-electron chi connectivity index (χ3n) is 4.25. The average molecular weight is 356 g/mol. The highest BCUT2D eigenvalue weighted by Crippen LogP contribution is 2.39. The molecule has 1 aromatic heterocycles. The van der Waals surface area contributed by atoms with E-state index >= 15 is 0 Å². The molecule has 1 N–H and O–H groups in total. The van der Waals surface area contributed by atoms with Crippen LogP contribution in [-0.4, -0.2) is 37.4 Å². The minimum atomic E-state index is -0.781. The van der Waals surface area contributed by atoms with Crippen LogP contribution < -0.4 is 5.32 Å². The van der Waals surface area contributed by atoms with Gasteiger partial charge in [-0.1, -0.05) is 17.8 Å². The minimum Gasteiger partial charge on any atom is -0.337 e. The number of nitriles is 1. The summed E-state index contributed by atoms with van der Waals surface area (Å²) in [5.74, 6) is 0.234. The van der Waals surface area contributed by atoms with Gasteiger partial charge in [0, 0.05) is 0 Å². The van der Waals surface area contributed by atoms with E-state index in [1.165, 1.54) is 11.8 Å². The zero-order chi connectivity index (χ0) is 18.0. The molecule has 0 radical (unpaired) electrons. The number of rotatable bonds is 6. The van der Waals surface area contributed by atoms with Crippen molar-refractivity contribution in [2.24, 2.45) is 5.92 Å². The van der Waals surface area contributed by atoms with Crippen LogP contribution in [0.15, 0.2) is 23.4 Å². The van der Waals surface area contributed by atoms with Crippen LogP contribution in [0.25, 0.3) is 5.69 Å². The van der Waals surface area contributed by atoms with Gasteiger partial charge in [0.05, 0.1) is 17.5 Å². The summed E-state index contributed by atoms with van der Waals surface area (Å²) in [5, 5.41) is 24.5. The Kier molecular flexibility index (Phi) is 4.77. The number of tetrazole rings is 1. The van der Waals surface area contributed by atoms with Gasteiger partial charge in [0.2, 0.25) is 11.1 Å². The number of hydrogen-bond donors (Lipinski definition) is 1. The van der Waals surface area contributed by atoms with E-state index < -0.39 is 5.54 Å². The molecule has 25 heavy (non-hydrogen) atoms. The molecular weight excluding hydrogens is 336 g/mol. The molecule has 2 aromatic rings. The van der Waals surface area contributed by atoms with E-state index in [9.17, 15) is 10.1 Å². The summed E-state index contributed by atoms with van der Waals surface area (Å²) in [6.07, 6.45) is 1.98. The zero-order valence-corrected chi connectivity index (χ0v) is 15.3. The molecule has 7 nitrogen and oxygen atoms in total. The molecule has 8 heteroatoms. The van der Waals surface area contributed by atoms with Crippen LogP contribution in [0.5, 0.6) is 0 Å². The van der Waals surface area contributed by atoms with E-state index in [1.807, 2.05) is 26.0 Å². The first-order valence-electron chi connectivity index (χ1n) is 8.13. The molecule has 0 spiro atoms. The molecule has 130 valence electrons. The van der Waals surface area contributed by atoms with E-state index in [-0.39, 0.29) is 17.6 Å². The van der Waals surface area contributed by atoms with Gasteiger partial charge in [-0.2, -0.15) is 9.94 Å². The standard InChI is InChI=1S/C17H20N6OS/c1-11-6-12(2)8-14(7-11)23-16(20-21-22-23)25-9-15(24)19-17(3,10-18)13-4-5-13/h6-8,13H,4-5,9H2,1-3H3,(H,19,24)/t17-/m0/s1. The van der Waals surface area contributed by atoms with Gasteiger partial charge >= 0.3 is 0 Å². The molecule has 0 saturated heterocycles. The molecule has 1 fully saturated rings. The number of carbonyl (C=O) groups is 1. The Morgan fingerprint density at radius 3 is 2.68 bits per heavy atom. The summed E-state index contributed by atoms with van der Waals surface area (Å²) in [7, 11) is 0. The predicted molar refractivity (Wildman–Crippen MR) is 94.2 cm³/mol. The summed E-state index contributed by atoms with van der Waals surface area (Å²) >= 11 is 1.26. The Balaban J connectivity index is 1.67. The van der Waals surface area contributed by atoms with Crippen molar-refractivity contribution in [3.05, 3.63) is 29.3 Å². The SMILES string of the molecule is Cc1cc(C)cc(-n2nnnc2SCC(=O)N[C@@](C)(C#N)C2CC2)c1. The molecule has 1 heterocycles. The first kappa shape index (κ1) is 17.4. The highest BCUT2D eigenvalue weighted by atomic mass is 32.2. The van der Waals surface area contributed by atoms with Crippen molar-refractivity contribution in [1.29, 1.82) is 5.26 Å². The second-order valence-corrected chi connectivity index (χ2v) is 7.59. The number of nitrogens with zero attached hydrogens (tertiary/aromatic N) is 5. The lowest BCUT2D eigenvalue weighted by atomic mass is 9.98. The third kappa shape index (κ3) is 3.99. The van der Waals surface area contributed by atoms with E-state index in [2.05, 4.69) is 33.0 Å². The highest BCUT2D eigenvalue weighted by molar-refractivity contribution is 7.99. The van der Waals surface area contributed by atoms with E-state index in [4.69, 9.17) is 0 Å². The van der Waals surface area contributed by atoms with Gasteiger partial charge in [-0.3, -0.25) is 4.79 Å². The third-order valence-corrected chi connectivity index (χ3v) is 5.17. The number of thioether (sulfide) groups is 1. The van der Waals surface area contributed by atoms with Crippen molar-refractivity contribution in [2.45, 2.75) is 44.3 Å². The lowest BCUT2D eigenvalue weighted by Crippen LogP contribution is -2.47. The first-order chi connectivity index (χ1) is 11.9. The number of hydrogen-bond acceptors (Lipinski definition) is 6. The van der Waals surface area contributed by atoms with Crippen molar-refractivity contribution in [1.82, 2.24) is 25.5 Å². The fourth-order valence-electron chi connectivity index (χ4n) is 2.84. The molecular formula is C17H20N6OS. The molecule has 1 aromatic carbocycles. The van der Waals surface area contributed by atoms with Gasteiger partial charge in [-0.05, 0) is 73.2 Å². The first-order valence-corrected chi connectivity index (χ1v) is 9.12. The van der Waals surface area contributed by atoms with Crippen LogP contribution in [0.3, 0.4) is 0 Å². The molecule has 0 unspecified atom stereocenters. The second kappa shape index (κ2) is 6.84. The molecule has 1 atom stereocenters. The van der Waals surface area contributed by atoms with Gasteiger partial charge in [0.25, 0.3) is 0 Å².